The van der Waals surface area contributed by atoms with E-state index in [9.17, 15) is 18.5 Å². The van der Waals surface area contributed by atoms with E-state index < -0.39 is 14.9 Å². The first-order valence-corrected chi connectivity index (χ1v) is 9.33. The SMILES string of the molecule is CCOCc1ccc(CNS(=O)(=O)c2ccc([N+](=O)[O-])cc2OC)cc1. The van der Waals surface area contributed by atoms with Crippen molar-refractivity contribution in [3.63, 3.8) is 0 Å². The molecule has 26 heavy (non-hydrogen) atoms. The number of hydrogen-bond acceptors (Lipinski definition) is 6. The van der Waals surface area contributed by atoms with E-state index in [1.165, 1.54) is 7.11 Å². The van der Waals surface area contributed by atoms with Gasteiger partial charge >= 0.3 is 0 Å². The Bertz CT molecular complexity index is 865. The van der Waals surface area contributed by atoms with Gasteiger partial charge < -0.3 is 9.47 Å². The first-order valence-electron chi connectivity index (χ1n) is 7.85. The van der Waals surface area contributed by atoms with E-state index in [0.29, 0.717) is 13.2 Å². The molecule has 2 aromatic carbocycles. The van der Waals surface area contributed by atoms with Crippen molar-refractivity contribution in [2.75, 3.05) is 13.7 Å². The Kier molecular flexibility index (Phi) is 6.67. The molecule has 140 valence electrons. The molecular weight excluding hydrogens is 360 g/mol. The molecule has 0 aliphatic heterocycles. The van der Waals surface area contributed by atoms with E-state index in [4.69, 9.17) is 9.47 Å². The number of nitrogens with one attached hydrogen (secondary N) is 1. The summed E-state index contributed by atoms with van der Waals surface area (Å²) in [6, 6.07) is 10.7. The minimum Gasteiger partial charge on any atom is -0.495 e. The number of rotatable bonds is 9. The molecule has 0 saturated carbocycles. The van der Waals surface area contributed by atoms with Gasteiger partial charge in [0.05, 0.1) is 24.7 Å². The molecule has 2 rings (SSSR count). The molecule has 0 aromatic heterocycles. The standard InChI is InChI=1S/C17H20N2O6S/c1-3-25-12-14-6-4-13(5-7-14)11-18-26(22,23)17-9-8-15(19(20)21)10-16(17)24-2/h4-10,18H,3,11-12H2,1-2H3. The van der Waals surface area contributed by atoms with Gasteiger partial charge in [0.1, 0.15) is 10.6 Å². The van der Waals surface area contributed by atoms with Crippen molar-refractivity contribution in [2.24, 2.45) is 0 Å². The van der Waals surface area contributed by atoms with E-state index in [0.717, 1.165) is 29.3 Å². The topological polar surface area (TPSA) is 108 Å². The third-order valence-electron chi connectivity index (χ3n) is 3.61. The van der Waals surface area contributed by atoms with Crippen molar-refractivity contribution >= 4 is 15.7 Å². The Balaban J connectivity index is 2.12. The molecule has 8 nitrogen and oxygen atoms in total. The van der Waals surface area contributed by atoms with Crippen molar-refractivity contribution in [3.8, 4) is 5.75 Å². The Morgan fingerprint density at radius 1 is 1.12 bits per heavy atom. The van der Waals surface area contributed by atoms with Crippen LogP contribution in [0.2, 0.25) is 0 Å². The highest BCUT2D eigenvalue weighted by Gasteiger charge is 2.22. The quantitative estimate of drug-likeness (QED) is 0.529. The molecule has 0 heterocycles. The molecule has 0 unspecified atom stereocenters. The molecule has 0 bridgehead atoms. The highest BCUT2D eigenvalue weighted by atomic mass is 32.2. The van der Waals surface area contributed by atoms with Crippen LogP contribution in [0.3, 0.4) is 0 Å². The van der Waals surface area contributed by atoms with Gasteiger partial charge in [-0.3, -0.25) is 10.1 Å². The van der Waals surface area contributed by atoms with Gasteiger partial charge in [-0.05, 0) is 24.1 Å². The lowest BCUT2D eigenvalue weighted by molar-refractivity contribution is -0.385. The molecule has 0 aliphatic rings. The van der Waals surface area contributed by atoms with Gasteiger partial charge in [0, 0.05) is 19.2 Å². The second-order valence-corrected chi connectivity index (χ2v) is 7.11. The summed E-state index contributed by atoms with van der Waals surface area (Å²) in [5.74, 6) is -0.0845. The smallest absolute Gasteiger partial charge is 0.273 e. The van der Waals surface area contributed by atoms with Gasteiger partial charge in [-0.15, -0.1) is 0 Å². The molecule has 0 radical (unpaired) electrons. The minimum absolute atomic E-state index is 0.0807. The first kappa shape index (κ1) is 19.8. The average Bonchev–Trinajstić information content (AvgIpc) is 2.65. The summed E-state index contributed by atoms with van der Waals surface area (Å²) >= 11 is 0. The van der Waals surface area contributed by atoms with Gasteiger partial charge in [0.2, 0.25) is 10.0 Å². The van der Waals surface area contributed by atoms with E-state index in [1.54, 1.807) is 0 Å². The van der Waals surface area contributed by atoms with Crippen LogP contribution in [0.1, 0.15) is 18.1 Å². The van der Waals surface area contributed by atoms with E-state index in [1.807, 2.05) is 31.2 Å². The minimum atomic E-state index is -3.89. The zero-order valence-electron chi connectivity index (χ0n) is 14.5. The number of methoxy groups -OCH3 is 1. The van der Waals surface area contributed by atoms with Crippen LogP contribution in [0.25, 0.3) is 0 Å². The van der Waals surface area contributed by atoms with Crippen LogP contribution in [0.4, 0.5) is 5.69 Å². The normalized spacial score (nSPS) is 11.3. The van der Waals surface area contributed by atoms with Crippen LogP contribution < -0.4 is 9.46 Å². The molecule has 0 amide bonds. The van der Waals surface area contributed by atoms with Gasteiger partial charge in [-0.1, -0.05) is 24.3 Å². The maximum Gasteiger partial charge on any atom is 0.273 e. The third-order valence-corrected chi connectivity index (χ3v) is 5.05. The Morgan fingerprint density at radius 3 is 2.35 bits per heavy atom. The average molecular weight is 380 g/mol. The van der Waals surface area contributed by atoms with Crippen molar-refractivity contribution in [1.29, 1.82) is 0 Å². The van der Waals surface area contributed by atoms with Crippen molar-refractivity contribution in [1.82, 2.24) is 4.72 Å². The predicted molar refractivity (Wildman–Crippen MR) is 95.4 cm³/mol. The maximum atomic E-state index is 12.5. The van der Waals surface area contributed by atoms with Crippen LogP contribution in [-0.4, -0.2) is 27.1 Å². The third kappa shape index (κ3) is 5.01. The molecule has 9 heteroatoms. The molecule has 0 saturated heterocycles. The summed E-state index contributed by atoms with van der Waals surface area (Å²) in [5.41, 5.74) is 1.52. The summed E-state index contributed by atoms with van der Waals surface area (Å²) in [4.78, 5) is 10.0. The zero-order chi connectivity index (χ0) is 19.2. The maximum absolute atomic E-state index is 12.5. The van der Waals surface area contributed by atoms with E-state index >= 15 is 0 Å². The molecular formula is C17H20N2O6S. The van der Waals surface area contributed by atoms with Gasteiger partial charge in [-0.2, -0.15) is 0 Å². The van der Waals surface area contributed by atoms with Gasteiger partial charge in [0.15, 0.2) is 0 Å². The summed E-state index contributed by atoms with van der Waals surface area (Å²) in [5, 5.41) is 10.8. The fraction of sp³-hybridized carbons (Fsp3) is 0.294. The Hall–Kier alpha value is -2.49. The second kappa shape index (κ2) is 8.75. The monoisotopic (exact) mass is 380 g/mol. The number of nitro groups is 1. The number of nitro benzene ring substituents is 1. The van der Waals surface area contributed by atoms with Crippen LogP contribution in [0, 0.1) is 10.1 Å². The number of sulfonamides is 1. The summed E-state index contributed by atoms with van der Waals surface area (Å²) in [6.07, 6.45) is 0. The Labute approximate surface area is 152 Å². The number of non-ortho nitro benzene ring substituents is 1. The number of hydrogen-bond donors (Lipinski definition) is 1. The summed E-state index contributed by atoms with van der Waals surface area (Å²) in [7, 11) is -2.63. The molecule has 0 spiro atoms. The number of ether oxygens (including phenoxy) is 2. The molecule has 0 atom stereocenters. The van der Waals surface area contributed by atoms with Crippen molar-refractivity contribution in [3.05, 3.63) is 63.7 Å². The lowest BCUT2D eigenvalue weighted by atomic mass is 10.1. The molecule has 2 aromatic rings. The number of benzene rings is 2. The zero-order valence-corrected chi connectivity index (χ0v) is 15.3. The number of nitrogens with zero attached hydrogens (tertiary/aromatic N) is 1. The Morgan fingerprint density at radius 2 is 1.77 bits per heavy atom. The summed E-state index contributed by atoms with van der Waals surface area (Å²) in [6.45, 7) is 3.12. The van der Waals surface area contributed by atoms with Crippen LogP contribution in [0.15, 0.2) is 47.4 Å². The highest BCUT2D eigenvalue weighted by molar-refractivity contribution is 7.89. The van der Waals surface area contributed by atoms with E-state index in [-0.39, 0.29) is 22.9 Å². The largest absolute Gasteiger partial charge is 0.495 e. The highest BCUT2D eigenvalue weighted by Crippen LogP contribution is 2.28. The van der Waals surface area contributed by atoms with Crippen LogP contribution in [0.5, 0.6) is 5.75 Å². The van der Waals surface area contributed by atoms with Crippen LogP contribution >= 0.6 is 0 Å². The molecule has 0 aliphatic carbocycles. The summed E-state index contributed by atoms with van der Waals surface area (Å²) < 4.78 is 37.8. The van der Waals surface area contributed by atoms with Gasteiger partial charge in [0.25, 0.3) is 5.69 Å². The van der Waals surface area contributed by atoms with E-state index in [2.05, 4.69) is 4.72 Å². The lowest BCUT2D eigenvalue weighted by Gasteiger charge is -2.11. The van der Waals surface area contributed by atoms with Crippen molar-refractivity contribution in [2.45, 2.75) is 25.0 Å². The predicted octanol–water partition coefficient (Wildman–Crippen LogP) is 2.62. The second-order valence-electron chi connectivity index (χ2n) is 5.37. The molecule has 0 fully saturated rings. The van der Waals surface area contributed by atoms with Crippen molar-refractivity contribution < 1.29 is 22.8 Å². The van der Waals surface area contributed by atoms with Gasteiger partial charge in [-0.25, -0.2) is 13.1 Å². The fourth-order valence-corrected chi connectivity index (χ4v) is 3.39. The lowest BCUT2D eigenvalue weighted by Crippen LogP contribution is -2.23. The molecule has 1 N–H and O–H groups in total. The fourth-order valence-electron chi connectivity index (χ4n) is 2.22. The van der Waals surface area contributed by atoms with Crippen LogP contribution in [-0.2, 0) is 27.9 Å². The first-order chi connectivity index (χ1) is 12.4.